The zero-order valence-electron chi connectivity index (χ0n) is 8.92. The topological polar surface area (TPSA) is 26.0 Å². The third-order valence-corrected chi connectivity index (χ3v) is 3.33. The van der Waals surface area contributed by atoms with Gasteiger partial charge >= 0.3 is 0 Å². The average Bonchev–Trinajstić information content (AvgIpc) is 2.17. The zero-order valence-corrected chi connectivity index (χ0v) is 11.3. The molecular weight excluding hydrogens is 270 g/mol. The van der Waals surface area contributed by atoms with Crippen LogP contribution in [0.4, 0.5) is 0 Å². The molecule has 1 aromatic carbocycles. The van der Waals surface area contributed by atoms with Crippen molar-refractivity contribution >= 4 is 33.1 Å². The minimum absolute atomic E-state index is 0.610. The Morgan fingerprint density at radius 2 is 2.20 bits per heavy atom. The number of benzene rings is 1. The first-order valence-corrected chi connectivity index (χ1v) is 6.39. The number of halogens is 1. The highest BCUT2D eigenvalue weighted by Crippen LogP contribution is 2.20. The quantitative estimate of drug-likeness (QED) is 0.837. The van der Waals surface area contributed by atoms with Crippen molar-refractivity contribution in [1.82, 2.24) is 0 Å². The molecule has 0 aliphatic rings. The fourth-order valence-electron chi connectivity index (χ4n) is 1.50. The van der Waals surface area contributed by atoms with Crippen LogP contribution in [-0.4, -0.2) is 4.99 Å². The van der Waals surface area contributed by atoms with Gasteiger partial charge in [0.15, 0.2) is 0 Å². The summed E-state index contributed by atoms with van der Waals surface area (Å²) in [5.74, 6) is 0. The van der Waals surface area contributed by atoms with E-state index in [0.717, 1.165) is 25.7 Å². The molecule has 1 nitrogen and oxygen atoms in total. The van der Waals surface area contributed by atoms with E-state index in [2.05, 4.69) is 41.1 Å². The van der Waals surface area contributed by atoms with E-state index >= 15 is 0 Å². The zero-order chi connectivity index (χ0) is 11.3. The Morgan fingerprint density at radius 1 is 1.47 bits per heavy atom. The standard InChI is InChI=1S/C12H16BrNS/c1-2-10-7-6-9(8-11(10)13)4-3-5-12(14)15/h6-8H,2-5H2,1H3,(H2,14,15). The minimum Gasteiger partial charge on any atom is -0.393 e. The van der Waals surface area contributed by atoms with Crippen molar-refractivity contribution in [2.75, 3.05) is 0 Å². The fraction of sp³-hybridized carbons (Fsp3) is 0.417. The molecule has 1 aromatic rings. The molecule has 0 fully saturated rings. The second-order valence-corrected chi connectivity index (χ2v) is 4.98. The number of rotatable bonds is 5. The lowest BCUT2D eigenvalue weighted by Crippen LogP contribution is -2.07. The Kier molecular flexibility index (Phi) is 5.26. The highest BCUT2D eigenvalue weighted by Gasteiger charge is 2.00. The molecule has 0 saturated carbocycles. The first-order valence-electron chi connectivity index (χ1n) is 5.19. The summed E-state index contributed by atoms with van der Waals surface area (Å²) < 4.78 is 1.21. The lowest BCUT2D eigenvalue weighted by Gasteiger charge is -2.05. The first-order chi connectivity index (χ1) is 7.13. The summed E-state index contributed by atoms with van der Waals surface area (Å²) in [5, 5.41) is 0. The Morgan fingerprint density at radius 3 is 2.73 bits per heavy atom. The van der Waals surface area contributed by atoms with Crippen LogP contribution in [0.25, 0.3) is 0 Å². The predicted octanol–water partition coefficient (Wildman–Crippen LogP) is 3.62. The van der Waals surface area contributed by atoms with Crippen molar-refractivity contribution in [3.63, 3.8) is 0 Å². The number of aryl methyl sites for hydroxylation is 2. The van der Waals surface area contributed by atoms with E-state index in [1.54, 1.807) is 0 Å². The van der Waals surface area contributed by atoms with Gasteiger partial charge in [-0.05, 0) is 42.9 Å². The van der Waals surface area contributed by atoms with Crippen LogP contribution < -0.4 is 5.73 Å². The van der Waals surface area contributed by atoms with Gasteiger partial charge in [0.25, 0.3) is 0 Å². The number of nitrogens with two attached hydrogens (primary N) is 1. The van der Waals surface area contributed by atoms with Crippen molar-refractivity contribution in [2.24, 2.45) is 5.73 Å². The monoisotopic (exact) mass is 285 g/mol. The van der Waals surface area contributed by atoms with Gasteiger partial charge in [-0.3, -0.25) is 0 Å². The van der Waals surface area contributed by atoms with Gasteiger partial charge in [0.05, 0.1) is 4.99 Å². The molecule has 0 spiro atoms. The summed E-state index contributed by atoms with van der Waals surface area (Å²) in [5.41, 5.74) is 8.15. The van der Waals surface area contributed by atoms with Gasteiger partial charge in [-0.2, -0.15) is 0 Å². The second kappa shape index (κ2) is 6.23. The highest BCUT2D eigenvalue weighted by atomic mass is 79.9. The molecule has 82 valence electrons. The van der Waals surface area contributed by atoms with E-state index in [-0.39, 0.29) is 0 Å². The molecule has 0 unspecified atom stereocenters. The van der Waals surface area contributed by atoms with Crippen molar-refractivity contribution in [3.05, 3.63) is 33.8 Å². The molecule has 0 saturated heterocycles. The summed E-state index contributed by atoms with van der Waals surface area (Å²) in [7, 11) is 0. The van der Waals surface area contributed by atoms with Crippen LogP contribution in [0, 0.1) is 0 Å². The van der Waals surface area contributed by atoms with E-state index in [4.69, 9.17) is 18.0 Å². The summed E-state index contributed by atoms with van der Waals surface area (Å²) >= 11 is 8.42. The maximum atomic E-state index is 5.45. The maximum absolute atomic E-state index is 5.45. The van der Waals surface area contributed by atoms with E-state index in [9.17, 15) is 0 Å². The Bertz CT molecular complexity index is 349. The molecule has 0 atom stereocenters. The van der Waals surface area contributed by atoms with Crippen LogP contribution in [0.3, 0.4) is 0 Å². The molecule has 0 aliphatic heterocycles. The normalized spacial score (nSPS) is 10.3. The molecule has 0 amide bonds. The molecule has 15 heavy (non-hydrogen) atoms. The van der Waals surface area contributed by atoms with Gasteiger partial charge < -0.3 is 5.73 Å². The third-order valence-electron chi connectivity index (χ3n) is 2.39. The van der Waals surface area contributed by atoms with E-state index < -0.39 is 0 Å². The van der Waals surface area contributed by atoms with Crippen LogP contribution >= 0.6 is 28.1 Å². The molecule has 0 heterocycles. The minimum atomic E-state index is 0.610. The van der Waals surface area contributed by atoms with E-state index in [1.807, 2.05) is 0 Å². The number of hydrogen-bond acceptors (Lipinski definition) is 1. The van der Waals surface area contributed by atoms with Gasteiger partial charge in [0.2, 0.25) is 0 Å². The molecular formula is C12H16BrNS. The van der Waals surface area contributed by atoms with Crippen LogP contribution in [0.5, 0.6) is 0 Å². The largest absolute Gasteiger partial charge is 0.393 e. The first kappa shape index (κ1) is 12.7. The van der Waals surface area contributed by atoms with Gasteiger partial charge in [-0.15, -0.1) is 0 Å². The lowest BCUT2D eigenvalue weighted by atomic mass is 10.1. The molecule has 3 heteroatoms. The second-order valence-electron chi connectivity index (χ2n) is 3.60. The fourth-order valence-corrected chi connectivity index (χ4v) is 2.35. The molecule has 2 N–H and O–H groups in total. The Balaban J connectivity index is 2.55. The maximum Gasteiger partial charge on any atom is 0.0727 e. The van der Waals surface area contributed by atoms with Gasteiger partial charge in [-0.1, -0.05) is 47.2 Å². The van der Waals surface area contributed by atoms with Crippen LogP contribution in [-0.2, 0) is 12.8 Å². The van der Waals surface area contributed by atoms with E-state index in [0.29, 0.717) is 4.99 Å². The van der Waals surface area contributed by atoms with Gasteiger partial charge in [0, 0.05) is 4.47 Å². The third kappa shape index (κ3) is 4.31. The van der Waals surface area contributed by atoms with E-state index in [1.165, 1.54) is 15.6 Å². The predicted molar refractivity (Wildman–Crippen MR) is 73.2 cm³/mol. The van der Waals surface area contributed by atoms with Crippen molar-refractivity contribution in [1.29, 1.82) is 0 Å². The average molecular weight is 286 g/mol. The molecule has 0 aliphatic carbocycles. The van der Waals surface area contributed by atoms with Crippen LogP contribution in [0.2, 0.25) is 0 Å². The lowest BCUT2D eigenvalue weighted by molar-refractivity contribution is 0.866. The molecule has 0 aromatic heterocycles. The number of hydrogen-bond donors (Lipinski definition) is 1. The SMILES string of the molecule is CCc1ccc(CCCC(N)=S)cc1Br. The summed E-state index contributed by atoms with van der Waals surface area (Å²) in [6, 6.07) is 6.56. The molecule has 1 rings (SSSR count). The van der Waals surface area contributed by atoms with Gasteiger partial charge in [0.1, 0.15) is 0 Å². The van der Waals surface area contributed by atoms with Crippen LogP contribution in [0.15, 0.2) is 22.7 Å². The Labute approximate surface area is 105 Å². The Hall–Kier alpha value is -0.410. The van der Waals surface area contributed by atoms with Crippen molar-refractivity contribution in [3.8, 4) is 0 Å². The highest BCUT2D eigenvalue weighted by molar-refractivity contribution is 9.10. The number of thiocarbonyl (C=S) groups is 1. The van der Waals surface area contributed by atoms with Crippen molar-refractivity contribution < 1.29 is 0 Å². The smallest absolute Gasteiger partial charge is 0.0727 e. The molecule has 0 bridgehead atoms. The van der Waals surface area contributed by atoms with Gasteiger partial charge in [-0.25, -0.2) is 0 Å². The van der Waals surface area contributed by atoms with Crippen LogP contribution in [0.1, 0.15) is 30.9 Å². The summed E-state index contributed by atoms with van der Waals surface area (Å²) in [6.45, 7) is 2.16. The molecule has 0 radical (unpaired) electrons. The summed E-state index contributed by atoms with van der Waals surface area (Å²) in [6.07, 6.45) is 3.98. The summed E-state index contributed by atoms with van der Waals surface area (Å²) in [4.78, 5) is 0.610. The van der Waals surface area contributed by atoms with Crippen molar-refractivity contribution in [2.45, 2.75) is 32.6 Å².